The number of hydrogen-bond donors (Lipinski definition) is 1. The van der Waals surface area contributed by atoms with Gasteiger partial charge in [-0.05, 0) is 57.7 Å². The summed E-state index contributed by atoms with van der Waals surface area (Å²) in [5, 5.41) is 3.48. The molecule has 3 rings (SSSR count). The molecular formula is C16H25N3O. The molecule has 1 amide bonds. The Morgan fingerprint density at radius 1 is 1.40 bits per heavy atom. The third-order valence-electron chi connectivity index (χ3n) is 4.74. The Labute approximate surface area is 121 Å². The number of carbonyl (C=O) groups is 1. The maximum atomic E-state index is 12.8. The highest BCUT2D eigenvalue weighted by Crippen LogP contribution is 2.33. The predicted molar refractivity (Wildman–Crippen MR) is 79.9 cm³/mol. The van der Waals surface area contributed by atoms with Crippen LogP contribution in [0.2, 0.25) is 0 Å². The van der Waals surface area contributed by atoms with Gasteiger partial charge < -0.3 is 14.8 Å². The first-order valence-electron chi connectivity index (χ1n) is 7.99. The lowest BCUT2D eigenvalue weighted by Crippen LogP contribution is -2.42. The quantitative estimate of drug-likeness (QED) is 0.896. The molecular weight excluding hydrogens is 250 g/mol. The van der Waals surface area contributed by atoms with Gasteiger partial charge in [-0.3, -0.25) is 4.79 Å². The van der Waals surface area contributed by atoms with Gasteiger partial charge in [0, 0.05) is 31.4 Å². The molecule has 2 aliphatic rings. The second-order valence-electron chi connectivity index (χ2n) is 6.02. The van der Waals surface area contributed by atoms with Crippen molar-refractivity contribution in [3.8, 4) is 0 Å². The largest absolute Gasteiger partial charge is 0.340 e. The summed E-state index contributed by atoms with van der Waals surface area (Å²) in [5.41, 5.74) is 0.870. The van der Waals surface area contributed by atoms with Gasteiger partial charge in [-0.2, -0.15) is 0 Å². The minimum absolute atomic E-state index is 0.193. The van der Waals surface area contributed by atoms with Crippen molar-refractivity contribution in [3.63, 3.8) is 0 Å². The van der Waals surface area contributed by atoms with Crippen molar-refractivity contribution in [3.05, 3.63) is 24.0 Å². The van der Waals surface area contributed by atoms with Crippen LogP contribution in [-0.2, 0) is 0 Å². The third kappa shape index (κ3) is 2.62. The van der Waals surface area contributed by atoms with Crippen molar-refractivity contribution in [2.45, 2.75) is 51.1 Å². The Morgan fingerprint density at radius 3 is 2.85 bits per heavy atom. The summed E-state index contributed by atoms with van der Waals surface area (Å²) >= 11 is 0. The molecule has 1 aromatic heterocycles. The molecule has 2 heterocycles. The molecule has 0 spiro atoms. The van der Waals surface area contributed by atoms with E-state index >= 15 is 0 Å². The molecule has 1 aromatic rings. The van der Waals surface area contributed by atoms with Crippen LogP contribution in [0.3, 0.4) is 0 Å². The first-order valence-corrected chi connectivity index (χ1v) is 7.99. The number of rotatable bonds is 5. The molecule has 1 saturated heterocycles. The number of amides is 1. The Balaban J connectivity index is 1.70. The van der Waals surface area contributed by atoms with Gasteiger partial charge in [0.15, 0.2) is 0 Å². The molecule has 0 radical (unpaired) electrons. The molecule has 4 heteroatoms. The number of aromatic nitrogens is 1. The Bertz CT molecular complexity index is 458. The van der Waals surface area contributed by atoms with Gasteiger partial charge in [0.25, 0.3) is 5.91 Å². The Hall–Kier alpha value is -1.29. The fourth-order valence-corrected chi connectivity index (χ4v) is 3.25. The van der Waals surface area contributed by atoms with Crippen LogP contribution in [0.15, 0.2) is 18.3 Å². The molecule has 1 atom stereocenters. The van der Waals surface area contributed by atoms with Crippen LogP contribution >= 0.6 is 0 Å². The van der Waals surface area contributed by atoms with E-state index in [2.05, 4.69) is 23.0 Å². The SMILES string of the molecule is CCN(CC1CCCN1)C(=O)c1cccn1C1CCC1. The van der Waals surface area contributed by atoms with Gasteiger partial charge in [0.1, 0.15) is 5.69 Å². The highest BCUT2D eigenvalue weighted by Gasteiger charge is 2.26. The fraction of sp³-hybridized carbons (Fsp3) is 0.688. The zero-order valence-electron chi connectivity index (χ0n) is 12.3. The number of likely N-dealkylation sites (N-methyl/N-ethyl adjacent to an activating group) is 1. The summed E-state index contributed by atoms with van der Waals surface area (Å²) in [6.45, 7) is 4.79. The van der Waals surface area contributed by atoms with Crippen LogP contribution in [-0.4, -0.2) is 41.1 Å². The molecule has 1 aliphatic heterocycles. The maximum absolute atomic E-state index is 12.8. The second-order valence-corrected chi connectivity index (χ2v) is 6.02. The van der Waals surface area contributed by atoms with Crippen LogP contribution in [0.5, 0.6) is 0 Å². The topological polar surface area (TPSA) is 37.3 Å². The first-order chi connectivity index (χ1) is 9.79. The first kappa shape index (κ1) is 13.7. The van der Waals surface area contributed by atoms with Gasteiger partial charge >= 0.3 is 0 Å². The van der Waals surface area contributed by atoms with Gasteiger partial charge in [-0.1, -0.05) is 0 Å². The smallest absolute Gasteiger partial charge is 0.270 e. The molecule has 110 valence electrons. The summed E-state index contributed by atoms with van der Waals surface area (Å²) in [4.78, 5) is 14.8. The fourth-order valence-electron chi connectivity index (χ4n) is 3.25. The zero-order chi connectivity index (χ0) is 13.9. The van der Waals surface area contributed by atoms with E-state index in [0.29, 0.717) is 12.1 Å². The molecule has 0 aromatic carbocycles. The van der Waals surface area contributed by atoms with E-state index in [-0.39, 0.29) is 5.91 Å². The predicted octanol–water partition coefficient (Wildman–Crippen LogP) is 2.43. The van der Waals surface area contributed by atoms with E-state index < -0.39 is 0 Å². The average molecular weight is 275 g/mol. The van der Waals surface area contributed by atoms with Crippen molar-refractivity contribution in [1.82, 2.24) is 14.8 Å². The molecule has 1 saturated carbocycles. The molecule has 1 unspecified atom stereocenters. The zero-order valence-corrected chi connectivity index (χ0v) is 12.3. The van der Waals surface area contributed by atoms with Crippen LogP contribution in [0.1, 0.15) is 55.6 Å². The number of hydrogen-bond acceptors (Lipinski definition) is 2. The molecule has 0 bridgehead atoms. The van der Waals surface area contributed by atoms with Crippen LogP contribution < -0.4 is 5.32 Å². The number of carbonyl (C=O) groups excluding carboxylic acids is 1. The van der Waals surface area contributed by atoms with E-state index in [4.69, 9.17) is 0 Å². The van der Waals surface area contributed by atoms with Crippen molar-refractivity contribution in [1.29, 1.82) is 0 Å². The molecule has 20 heavy (non-hydrogen) atoms. The monoisotopic (exact) mass is 275 g/mol. The normalized spacial score (nSPS) is 22.8. The van der Waals surface area contributed by atoms with Crippen molar-refractivity contribution < 1.29 is 4.79 Å². The summed E-state index contributed by atoms with van der Waals surface area (Å²) in [7, 11) is 0. The van der Waals surface area contributed by atoms with E-state index in [9.17, 15) is 4.79 Å². The lowest BCUT2D eigenvalue weighted by atomic mass is 9.93. The van der Waals surface area contributed by atoms with E-state index in [1.807, 2.05) is 17.0 Å². The number of nitrogens with one attached hydrogen (secondary N) is 1. The standard InChI is InChI=1S/C16H25N3O/c1-2-18(12-13-6-4-10-17-13)16(20)15-9-5-11-19(15)14-7-3-8-14/h5,9,11,13-14,17H,2-4,6-8,10,12H2,1H3. The summed E-state index contributed by atoms with van der Waals surface area (Å²) in [6, 6.07) is 5.01. The molecule has 1 N–H and O–H groups in total. The average Bonchev–Trinajstić information content (AvgIpc) is 3.04. The minimum atomic E-state index is 0.193. The minimum Gasteiger partial charge on any atom is -0.340 e. The van der Waals surface area contributed by atoms with Gasteiger partial charge in [-0.15, -0.1) is 0 Å². The lowest BCUT2D eigenvalue weighted by Gasteiger charge is -2.31. The second kappa shape index (κ2) is 6.00. The van der Waals surface area contributed by atoms with Gasteiger partial charge in [0.2, 0.25) is 0 Å². The molecule has 2 fully saturated rings. The highest BCUT2D eigenvalue weighted by molar-refractivity contribution is 5.92. The Kier molecular flexibility index (Phi) is 4.10. The maximum Gasteiger partial charge on any atom is 0.270 e. The highest BCUT2D eigenvalue weighted by atomic mass is 16.2. The van der Waals surface area contributed by atoms with E-state index in [0.717, 1.165) is 25.3 Å². The molecule has 1 aliphatic carbocycles. The summed E-state index contributed by atoms with van der Waals surface area (Å²) in [6.07, 6.45) is 8.21. The number of nitrogens with zero attached hydrogens (tertiary/aromatic N) is 2. The van der Waals surface area contributed by atoms with Crippen LogP contribution in [0, 0.1) is 0 Å². The van der Waals surface area contributed by atoms with Crippen molar-refractivity contribution in [2.75, 3.05) is 19.6 Å². The van der Waals surface area contributed by atoms with Crippen molar-refractivity contribution in [2.24, 2.45) is 0 Å². The van der Waals surface area contributed by atoms with E-state index in [1.165, 1.54) is 32.1 Å². The van der Waals surface area contributed by atoms with Crippen molar-refractivity contribution >= 4 is 5.91 Å². The third-order valence-corrected chi connectivity index (χ3v) is 4.74. The van der Waals surface area contributed by atoms with E-state index in [1.54, 1.807) is 0 Å². The van der Waals surface area contributed by atoms with Gasteiger partial charge in [0.05, 0.1) is 0 Å². The Morgan fingerprint density at radius 2 is 2.25 bits per heavy atom. The van der Waals surface area contributed by atoms with Crippen LogP contribution in [0.4, 0.5) is 0 Å². The van der Waals surface area contributed by atoms with Gasteiger partial charge in [-0.25, -0.2) is 0 Å². The molecule has 4 nitrogen and oxygen atoms in total. The summed E-state index contributed by atoms with van der Waals surface area (Å²) in [5.74, 6) is 0.193. The summed E-state index contributed by atoms with van der Waals surface area (Å²) < 4.78 is 2.19. The van der Waals surface area contributed by atoms with Crippen LogP contribution in [0.25, 0.3) is 0 Å². The lowest BCUT2D eigenvalue weighted by molar-refractivity contribution is 0.0734.